The molecule has 2 aromatic rings. The third kappa shape index (κ3) is 9.46. The molecule has 2 heterocycles. The van der Waals surface area contributed by atoms with Crippen LogP contribution in [0.4, 0.5) is 0 Å². The molecule has 2 saturated heterocycles. The number of nitrogens with zero attached hydrogens (tertiary/aromatic N) is 2. The maximum atomic E-state index is 13.9. The van der Waals surface area contributed by atoms with E-state index in [1.807, 2.05) is 0 Å². The van der Waals surface area contributed by atoms with Crippen LogP contribution in [0.1, 0.15) is 42.4 Å². The summed E-state index contributed by atoms with van der Waals surface area (Å²) in [5.41, 5.74) is 7.88. The highest BCUT2D eigenvalue weighted by molar-refractivity contribution is 7.88. The van der Waals surface area contributed by atoms with E-state index < -0.39 is 40.0 Å². The van der Waals surface area contributed by atoms with E-state index in [2.05, 4.69) is 10.0 Å². The van der Waals surface area contributed by atoms with Crippen molar-refractivity contribution in [1.29, 1.82) is 0 Å². The average Bonchev–Trinajstić information content (AvgIpc) is 3.41. The molecule has 0 aromatic heterocycles. The Balaban J connectivity index is 1.47. The molecule has 0 unspecified atom stereocenters. The summed E-state index contributed by atoms with van der Waals surface area (Å²) < 4.78 is 34.2. The molecule has 0 spiro atoms. The van der Waals surface area contributed by atoms with Crippen LogP contribution >= 0.6 is 11.6 Å². The number of ether oxygens (including phenoxy) is 1. The molecule has 0 aliphatic carbocycles. The molecule has 0 bridgehead atoms. The second-order valence-corrected chi connectivity index (χ2v) is 13.2. The topological polar surface area (TPSA) is 171 Å². The summed E-state index contributed by atoms with van der Waals surface area (Å²) in [4.78, 5) is 42.8. The monoisotopic (exact) mass is 649 g/mol. The highest BCUT2D eigenvalue weighted by atomic mass is 35.5. The number of nitrogens with two attached hydrogens (primary N) is 1. The van der Waals surface area contributed by atoms with Gasteiger partial charge >= 0.3 is 0 Å². The summed E-state index contributed by atoms with van der Waals surface area (Å²) in [7, 11) is -3.99. The van der Waals surface area contributed by atoms with E-state index in [0.717, 1.165) is 11.1 Å². The minimum absolute atomic E-state index is 0.00410. The van der Waals surface area contributed by atoms with Crippen molar-refractivity contribution in [2.75, 3.05) is 32.8 Å². The van der Waals surface area contributed by atoms with Crippen molar-refractivity contribution in [2.24, 2.45) is 5.73 Å². The van der Waals surface area contributed by atoms with Gasteiger partial charge in [-0.2, -0.15) is 0 Å². The van der Waals surface area contributed by atoms with E-state index in [9.17, 15) is 27.9 Å². The van der Waals surface area contributed by atoms with E-state index in [0.29, 0.717) is 36.9 Å². The van der Waals surface area contributed by atoms with Crippen molar-refractivity contribution in [1.82, 2.24) is 19.8 Å². The van der Waals surface area contributed by atoms with Crippen molar-refractivity contribution < 1.29 is 32.6 Å². The Kier molecular flexibility index (Phi) is 12.1. The first-order valence-electron chi connectivity index (χ1n) is 14.7. The highest BCUT2D eigenvalue weighted by Gasteiger charge is 2.42. The largest absolute Gasteiger partial charge is 0.391 e. The van der Waals surface area contributed by atoms with Crippen molar-refractivity contribution in [3.8, 4) is 0 Å². The molecule has 4 rings (SSSR count). The fraction of sp³-hybridized carbons (Fsp3) is 0.500. The van der Waals surface area contributed by atoms with Gasteiger partial charge in [0.25, 0.3) is 0 Å². The fourth-order valence-corrected chi connectivity index (χ4v) is 7.04. The smallest absolute Gasteiger partial charge is 0.243 e. The lowest BCUT2D eigenvalue weighted by molar-refractivity contribution is -0.140. The standard InChI is InChI=1S/C30H40ClN5O7S/c31-24-10-9-22(17-32)23(15-24)18-33-29(39)27-16-25(37)19-36(27)30(40)26(7-4-8-28(38)35-11-13-43-14-12-35)34-44(41,42)20-21-5-2-1-3-6-21/h1-3,5-6,9-10,15,25-27,34,37H,4,7-8,11-14,16-20,32H2,(H,33,39)/t25-,26+,27-/m0/s1. The first-order valence-corrected chi connectivity index (χ1v) is 16.7. The van der Waals surface area contributed by atoms with Gasteiger partial charge in [0.15, 0.2) is 0 Å². The number of nitrogens with one attached hydrogen (secondary N) is 2. The van der Waals surface area contributed by atoms with Crippen LogP contribution in [0.15, 0.2) is 48.5 Å². The van der Waals surface area contributed by atoms with Gasteiger partial charge in [0.1, 0.15) is 12.1 Å². The number of sulfonamides is 1. The Labute approximate surface area is 262 Å². The molecule has 240 valence electrons. The highest BCUT2D eigenvalue weighted by Crippen LogP contribution is 2.22. The van der Waals surface area contributed by atoms with Gasteiger partial charge in [0.2, 0.25) is 27.7 Å². The van der Waals surface area contributed by atoms with Crippen LogP contribution in [-0.2, 0) is 48.0 Å². The van der Waals surface area contributed by atoms with Crippen LogP contribution in [0.5, 0.6) is 0 Å². The summed E-state index contributed by atoms with van der Waals surface area (Å²) in [5, 5.41) is 13.8. The second-order valence-electron chi connectivity index (χ2n) is 11.0. The van der Waals surface area contributed by atoms with Gasteiger partial charge in [0.05, 0.1) is 25.1 Å². The van der Waals surface area contributed by atoms with Gasteiger partial charge in [-0.25, -0.2) is 13.1 Å². The summed E-state index contributed by atoms with van der Waals surface area (Å²) >= 11 is 6.12. The van der Waals surface area contributed by atoms with Gasteiger partial charge in [-0.3, -0.25) is 14.4 Å². The van der Waals surface area contributed by atoms with E-state index in [1.54, 1.807) is 53.4 Å². The molecule has 12 nitrogen and oxygen atoms in total. The van der Waals surface area contributed by atoms with Crippen LogP contribution in [0.25, 0.3) is 0 Å². The zero-order chi connectivity index (χ0) is 31.7. The number of aliphatic hydroxyl groups is 1. The molecule has 5 N–H and O–H groups in total. The number of rotatable bonds is 13. The Hall–Kier alpha value is -3.07. The van der Waals surface area contributed by atoms with Crippen LogP contribution < -0.4 is 15.8 Å². The molecular weight excluding hydrogens is 610 g/mol. The quantitative estimate of drug-likeness (QED) is 0.248. The molecule has 2 fully saturated rings. The first kappa shape index (κ1) is 33.8. The Morgan fingerprint density at radius 1 is 1.09 bits per heavy atom. The lowest BCUT2D eigenvalue weighted by atomic mass is 10.1. The molecule has 14 heteroatoms. The number of amides is 3. The van der Waals surface area contributed by atoms with Gasteiger partial charge in [-0.05, 0) is 41.7 Å². The van der Waals surface area contributed by atoms with Crippen molar-refractivity contribution in [2.45, 2.75) is 62.7 Å². The van der Waals surface area contributed by atoms with E-state index in [-0.39, 0.29) is 57.0 Å². The Morgan fingerprint density at radius 3 is 2.52 bits per heavy atom. The second kappa shape index (κ2) is 15.8. The number of likely N-dealkylation sites (tertiary alicyclic amines) is 1. The Morgan fingerprint density at radius 2 is 1.82 bits per heavy atom. The van der Waals surface area contributed by atoms with E-state index in [4.69, 9.17) is 22.1 Å². The summed E-state index contributed by atoms with van der Waals surface area (Å²) in [5.74, 6) is -1.58. The predicted molar refractivity (Wildman–Crippen MR) is 165 cm³/mol. The van der Waals surface area contributed by atoms with E-state index >= 15 is 0 Å². The van der Waals surface area contributed by atoms with Crippen LogP contribution in [0.3, 0.4) is 0 Å². The summed E-state index contributed by atoms with van der Waals surface area (Å²) in [6, 6.07) is 11.5. The van der Waals surface area contributed by atoms with Crippen molar-refractivity contribution in [3.63, 3.8) is 0 Å². The number of morpholine rings is 1. The molecule has 2 aromatic carbocycles. The average molecular weight is 650 g/mol. The van der Waals surface area contributed by atoms with Crippen LogP contribution in [0.2, 0.25) is 5.02 Å². The van der Waals surface area contributed by atoms with Crippen LogP contribution in [-0.4, -0.2) is 92.1 Å². The maximum Gasteiger partial charge on any atom is 0.243 e. The number of halogens is 1. The number of β-amino-alcohol motifs (C(OH)–C–C–N with tert-alkyl or cyclic N) is 1. The maximum absolute atomic E-state index is 13.9. The zero-order valence-electron chi connectivity index (χ0n) is 24.5. The molecular formula is C30H40ClN5O7S. The van der Waals surface area contributed by atoms with Gasteiger partial charge in [-0.1, -0.05) is 48.0 Å². The van der Waals surface area contributed by atoms with Gasteiger partial charge < -0.3 is 30.7 Å². The number of hydrogen-bond donors (Lipinski definition) is 4. The van der Waals surface area contributed by atoms with Gasteiger partial charge in [0, 0.05) is 50.6 Å². The molecule has 2 aliphatic rings. The number of benzene rings is 2. The van der Waals surface area contributed by atoms with Crippen molar-refractivity contribution >= 4 is 39.3 Å². The normalized spacial score (nSPS) is 19.5. The third-order valence-corrected chi connectivity index (χ3v) is 9.36. The molecule has 0 radical (unpaired) electrons. The SMILES string of the molecule is NCc1ccc(Cl)cc1CNC(=O)[C@@H]1C[C@H](O)CN1C(=O)[C@@H](CCCC(=O)N1CCOCC1)NS(=O)(=O)Cc1ccccc1. The number of carbonyl (C=O) groups excluding carboxylic acids is 3. The minimum Gasteiger partial charge on any atom is -0.391 e. The number of aliphatic hydroxyl groups excluding tert-OH is 1. The lowest BCUT2D eigenvalue weighted by Gasteiger charge is -2.29. The minimum atomic E-state index is -3.99. The zero-order valence-corrected chi connectivity index (χ0v) is 26.1. The third-order valence-electron chi connectivity index (χ3n) is 7.77. The number of hydrogen-bond acceptors (Lipinski definition) is 8. The summed E-state index contributed by atoms with van der Waals surface area (Å²) in [6.07, 6.45) is -0.573. The molecule has 3 amide bonds. The Bertz CT molecular complexity index is 1410. The van der Waals surface area contributed by atoms with Crippen LogP contribution in [0, 0.1) is 0 Å². The fourth-order valence-electron chi connectivity index (χ4n) is 5.48. The summed E-state index contributed by atoms with van der Waals surface area (Å²) in [6.45, 7) is 2.09. The molecule has 44 heavy (non-hydrogen) atoms. The molecule has 3 atom stereocenters. The van der Waals surface area contributed by atoms with E-state index in [1.165, 1.54) is 4.90 Å². The number of carbonyl (C=O) groups is 3. The molecule has 0 saturated carbocycles. The first-order chi connectivity index (χ1) is 21.1. The van der Waals surface area contributed by atoms with Crippen molar-refractivity contribution in [3.05, 3.63) is 70.2 Å². The predicted octanol–water partition coefficient (Wildman–Crippen LogP) is 0.894. The van der Waals surface area contributed by atoms with Gasteiger partial charge in [-0.15, -0.1) is 0 Å². The lowest BCUT2D eigenvalue weighted by Crippen LogP contribution is -2.53. The molecule has 2 aliphatic heterocycles.